The van der Waals surface area contributed by atoms with Gasteiger partial charge in [-0.3, -0.25) is 14.2 Å². The molecule has 1 atom stereocenters. The first-order valence-corrected chi connectivity index (χ1v) is 11.4. The van der Waals surface area contributed by atoms with Crippen molar-refractivity contribution >= 4 is 22.6 Å². The summed E-state index contributed by atoms with van der Waals surface area (Å²) in [7, 11) is 4.02. The number of nitrogens with zero attached hydrogens (tertiary/aromatic N) is 7. The zero-order valence-corrected chi connectivity index (χ0v) is 19.4. The fourth-order valence-corrected chi connectivity index (χ4v) is 4.62. The molecule has 0 radical (unpaired) electrons. The van der Waals surface area contributed by atoms with E-state index in [2.05, 4.69) is 51.1 Å². The number of amides is 1. The van der Waals surface area contributed by atoms with Crippen LogP contribution in [0.3, 0.4) is 0 Å². The molecule has 9 heteroatoms. The lowest BCUT2D eigenvalue weighted by Gasteiger charge is -2.33. The summed E-state index contributed by atoms with van der Waals surface area (Å²) in [5.74, 6) is 0.869. The van der Waals surface area contributed by atoms with E-state index in [1.807, 2.05) is 30.2 Å². The van der Waals surface area contributed by atoms with Gasteiger partial charge in [-0.25, -0.2) is 4.98 Å². The molecule has 33 heavy (non-hydrogen) atoms. The Kier molecular flexibility index (Phi) is 5.62. The lowest BCUT2D eigenvalue weighted by atomic mass is 9.96. The lowest BCUT2D eigenvalue weighted by molar-refractivity contribution is -0.121. The van der Waals surface area contributed by atoms with Gasteiger partial charge in [0.05, 0.1) is 17.2 Å². The highest BCUT2D eigenvalue weighted by atomic mass is 16.1. The normalized spacial score (nSPS) is 15.7. The summed E-state index contributed by atoms with van der Waals surface area (Å²) in [6.07, 6.45) is 10.2. The van der Waals surface area contributed by atoms with E-state index in [9.17, 15) is 4.79 Å². The molecule has 0 spiro atoms. The summed E-state index contributed by atoms with van der Waals surface area (Å²) in [5, 5.41) is 11.5. The van der Waals surface area contributed by atoms with Crippen molar-refractivity contribution in [1.82, 2.24) is 34.4 Å². The number of carbonyl (C=O) groups is 1. The maximum Gasteiger partial charge on any atom is 0.240 e. The molecule has 172 valence electrons. The summed E-state index contributed by atoms with van der Waals surface area (Å²) in [6.45, 7) is 3.66. The van der Waals surface area contributed by atoms with E-state index < -0.39 is 0 Å². The predicted octanol–water partition coefficient (Wildman–Crippen LogP) is 2.30. The molecule has 1 N–H and O–H groups in total. The van der Waals surface area contributed by atoms with Crippen molar-refractivity contribution in [3.63, 3.8) is 0 Å². The van der Waals surface area contributed by atoms with E-state index in [0.717, 1.165) is 35.3 Å². The number of nitrogens with one attached hydrogen (secondary N) is 1. The van der Waals surface area contributed by atoms with Gasteiger partial charge in [0.2, 0.25) is 5.91 Å². The van der Waals surface area contributed by atoms with E-state index in [1.54, 1.807) is 17.1 Å². The Morgan fingerprint density at radius 3 is 2.88 bits per heavy atom. The van der Waals surface area contributed by atoms with Gasteiger partial charge in [0, 0.05) is 75.1 Å². The van der Waals surface area contributed by atoms with E-state index in [1.165, 1.54) is 11.3 Å². The topological polar surface area (TPSA) is 85.8 Å². The molecule has 1 aromatic carbocycles. The van der Waals surface area contributed by atoms with Gasteiger partial charge in [-0.2, -0.15) is 10.2 Å². The molecule has 1 aliphatic rings. The van der Waals surface area contributed by atoms with Crippen molar-refractivity contribution in [3.05, 3.63) is 59.9 Å². The van der Waals surface area contributed by atoms with Gasteiger partial charge in [0.25, 0.3) is 0 Å². The van der Waals surface area contributed by atoms with Crippen molar-refractivity contribution in [2.45, 2.75) is 51.9 Å². The highest BCUT2D eigenvalue weighted by Crippen LogP contribution is 2.35. The third-order valence-corrected chi connectivity index (χ3v) is 6.61. The summed E-state index contributed by atoms with van der Waals surface area (Å²) in [5.41, 5.74) is 5.53. The largest absolute Gasteiger partial charge is 0.372 e. The Labute approximate surface area is 193 Å². The molecule has 0 aliphatic carbocycles. The van der Waals surface area contributed by atoms with Crippen LogP contribution in [0.4, 0.5) is 5.69 Å². The Hall–Kier alpha value is -3.62. The minimum Gasteiger partial charge on any atom is -0.372 e. The summed E-state index contributed by atoms with van der Waals surface area (Å²) >= 11 is 0. The van der Waals surface area contributed by atoms with Crippen molar-refractivity contribution in [2.24, 2.45) is 7.05 Å². The van der Waals surface area contributed by atoms with Crippen LogP contribution in [0.5, 0.6) is 0 Å². The molecule has 1 unspecified atom stereocenters. The van der Waals surface area contributed by atoms with Gasteiger partial charge in [0.15, 0.2) is 0 Å². The predicted molar refractivity (Wildman–Crippen MR) is 127 cm³/mol. The van der Waals surface area contributed by atoms with Crippen LogP contribution in [-0.2, 0) is 44.3 Å². The monoisotopic (exact) mass is 446 g/mol. The van der Waals surface area contributed by atoms with Crippen LogP contribution in [0.25, 0.3) is 11.0 Å². The molecule has 3 aromatic heterocycles. The van der Waals surface area contributed by atoms with E-state index in [4.69, 9.17) is 4.98 Å². The van der Waals surface area contributed by atoms with Gasteiger partial charge >= 0.3 is 0 Å². The minimum absolute atomic E-state index is 0.0399. The SMILES string of the molecule is CC1CCc2c(ccc3c2nc(CCn2cccn2)n3CC(=O)NCc2cnn(C)c2)N1C. The number of anilines is 1. The second-order valence-corrected chi connectivity index (χ2v) is 8.86. The lowest BCUT2D eigenvalue weighted by Crippen LogP contribution is -2.33. The van der Waals surface area contributed by atoms with Crippen LogP contribution >= 0.6 is 0 Å². The number of aromatic nitrogens is 6. The van der Waals surface area contributed by atoms with Crippen LogP contribution in [0, 0.1) is 0 Å². The molecule has 4 heterocycles. The second-order valence-electron chi connectivity index (χ2n) is 8.86. The van der Waals surface area contributed by atoms with Gasteiger partial charge in [-0.1, -0.05) is 0 Å². The molecule has 0 saturated carbocycles. The van der Waals surface area contributed by atoms with Crippen molar-refractivity contribution in [2.75, 3.05) is 11.9 Å². The number of fused-ring (bicyclic) bond motifs is 3. The molecule has 9 nitrogen and oxygen atoms in total. The third kappa shape index (κ3) is 4.22. The van der Waals surface area contributed by atoms with Crippen molar-refractivity contribution in [3.8, 4) is 0 Å². The van der Waals surface area contributed by atoms with Gasteiger partial charge < -0.3 is 14.8 Å². The number of carbonyl (C=O) groups excluding carboxylic acids is 1. The third-order valence-electron chi connectivity index (χ3n) is 6.61. The first-order valence-electron chi connectivity index (χ1n) is 11.4. The molecular formula is C24H30N8O. The molecule has 0 fully saturated rings. The number of hydrogen-bond acceptors (Lipinski definition) is 5. The maximum absolute atomic E-state index is 12.9. The van der Waals surface area contributed by atoms with Crippen molar-refractivity contribution < 1.29 is 4.79 Å². The first kappa shape index (κ1) is 21.2. The number of aryl methyl sites for hydroxylation is 4. The summed E-state index contributed by atoms with van der Waals surface area (Å²) < 4.78 is 5.70. The second kappa shape index (κ2) is 8.73. The van der Waals surface area contributed by atoms with E-state index >= 15 is 0 Å². The maximum atomic E-state index is 12.9. The molecular weight excluding hydrogens is 416 g/mol. The van der Waals surface area contributed by atoms with Crippen LogP contribution in [-0.4, -0.2) is 48.1 Å². The van der Waals surface area contributed by atoms with E-state index in [0.29, 0.717) is 25.6 Å². The van der Waals surface area contributed by atoms with Crippen LogP contribution in [0.1, 0.15) is 30.3 Å². The summed E-state index contributed by atoms with van der Waals surface area (Å²) in [4.78, 5) is 20.3. The molecule has 0 bridgehead atoms. The standard InChI is InChI=1S/C24H30N8O/c1-17-5-6-19-20(30(17)3)7-8-21-24(19)28-22(9-12-31-11-4-10-26-31)32(21)16-23(33)25-13-18-14-27-29(2)15-18/h4,7-8,10-11,14-15,17H,5-6,9,12-13,16H2,1-3H3,(H,25,33). The summed E-state index contributed by atoms with van der Waals surface area (Å²) in [6, 6.07) is 6.72. The van der Waals surface area contributed by atoms with Gasteiger partial charge in [-0.05, 0) is 38.0 Å². The first-order chi connectivity index (χ1) is 16.0. The molecule has 1 amide bonds. The Bertz CT molecular complexity index is 1270. The molecule has 1 aliphatic heterocycles. The van der Waals surface area contributed by atoms with Gasteiger partial charge in [-0.15, -0.1) is 0 Å². The van der Waals surface area contributed by atoms with E-state index in [-0.39, 0.29) is 12.5 Å². The van der Waals surface area contributed by atoms with Crippen LogP contribution < -0.4 is 10.2 Å². The van der Waals surface area contributed by atoms with Crippen LogP contribution in [0.2, 0.25) is 0 Å². The average molecular weight is 447 g/mol. The average Bonchev–Trinajstić information content (AvgIpc) is 3.54. The van der Waals surface area contributed by atoms with Crippen molar-refractivity contribution in [1.29, 1.82) is 0 Å². The Morgan fingerprint density at radius 1 is 1.24 bits per heavy atom. The number of benzene rings is 1. The molecule has 5 rings (SSSR count). The fourth-order valence-electron chi connectivity index (χ4n) is 4.62. The Balaban J connectivity index is 1.45. The smallest absolute Gasteiger partial charge is 0.240 e. The number of rotatable bonds is 7. The zero-order valence-electron chi connectivity index (χ0n) is 19.4. The zero-order chi connectivity index (χ0) is 22.9. The molecule has 0 saturated heterocycles. The van der Waals surface area contributed by atoms with Crippen LogP contribution in [0.15, 0.2) is 43.0 Å². The highest BCUT2D eigenvalue weighted by molar-refractivity contribution is 5.87. The Morgan fingerprint density at radius 2 is 2.12 bits per heavy atom. The quantitative estimate of drug-likeness (QED) is 0.471. The minimum atomic E-state index is -0.0399. The highest BCUT2D eigenvalue weighted by Gasteiger charge is 2.25. The molecule has 4 aromatic rings. The van der Waals surface area contributed by atoms with Gasteiger partial charge in [0.1, 0.15) is 12.4 Å². The fraction of sp³-hybridized carbons (Fsp3) is 0.417. The number of imidazole rings is 1. The number of hydrogen-bond donors (Lipinski definition) is 1.